The van der Waals surface area contributed by atoms with Crippen molar-refractivity contribution in [1.29, 1.82) is 0 Å². The van der Waals surface area contributed by atoms with E-state index in [0.29, 0.717) is 38.2 Å². The Bertz CT molecular complexity index is 983. The first-order valence-corrected chi connectivity index (χ1v) is 10.6. The number of fused-ring (bicyclic) bond motifs is 1. The van der Waals surface area contributed by atoms with Gasteiger partial charge in [-0.1, -0.05) is 18.2 Å². The van der Waals surface area contributed by atoms with Crippen LogP contribution in [-0.4, -0.2) is 52.3 Å². The number of carbonyl (C=O) groups is 2. The van der Waals surface area contributed by atoms with Gasteiger partial charge in [0, 0.05) is 50.6 Å². The number of piperazine rings is 1. The van der Waals surface area contributed by atoms with Crippen LogP contribution in [0.4, 0.5) is 11.6 Å². The lowest BCUT2D eigenvalue weighted by molar-refractivity contribution is -0.131. The Labute approximate surface area is 173 Å². The molecule has 0 bridgehead atoms. The maximum Gasteiger partial charge on any atom is 0.225 e. The minimum atomic E-state index is -0.114. The summed E-state index contributed by atoms with van der Waals surface area (Å²) in [7, 11) is 0. The van der Waals surface area contributed by atoms with Crippen molar-refractivity contribution >= 4 is 45.1 Å². The fraction of sp³-hybridized carbons (Fsp3) is 0.333. The first kappa shape index (κ1) is 19.3. The van der Waals surface area contributed by atoms with Crippen LogP contribution in [0.3, 0.4) is 0 Å². The summed E-state index contributed by atoms with van der Waals surface area (Å²) >= 11 is 1.51. The lowest BCUT2D eigenvalue weighted by Crippen LogP contribution is -2.48. The van der Waals surface area contributed by atoms with Gasteiger partial charge in [-0.3, -0.25) is 9.59 Å². The highest BCUT2D eigenvalue weighted by molar-refractivity contribution is 7.13. The summed E-state index contributed by atoms with van der Waals surface area (Å²) in [6, 6.07) is 13.6. The van der Waals surface area contributed by atoms with Gasteiger partial charge in [0.2, 0.25) is 11.8 Å². The average Bonchev–Trinajstić information content (AvgIpc) is 3.19. The molecule has 0 saturated carbocycles. The van der Waals surface area contributed by atoms with Crippen LogP contribution in [0.2, 0.25) is 0 Å². The zero-order valence-electron chi connectivity index (χ0n) is 16.1. The van der Waals surface area contributed by atoms with Gasteiger partial charge in [-0.2, -0.15) is 4.37 Å². The minimum Gasteiger partial charge on any atom is -0.352 e. The van der Waals surface area contributed by atoms with Gasteiger partial charge in [0.25, 0.3) is 0 Å². The second-order valence-corrected chi connectivity index (χ2v) is 7.79. The van der Waals surface area contributed by atoms with Crippen LogP contribution < -0.4 is 10.2 Å². The maximum atomic E-state index is 12.5. The Morgan fingerprint density at radius 2 is 1.79 bits per heavy atom. The van der Waals surface area contributed by atoms with Crippen LogP contribution in [0.5, 0.6) is 0 Å². The predicted octanol–water partition coefficient (Wildman–Crippen LogP) is 3.15. The van der Waals surface area contributed by atoms with Crippen molar-refractivity contribution in [2.45, 2.75) is 19.3 Å². The second kappa shape index (κ2) is 9.00. The van der Waals surface area contributed by atoms with Gasteiger partial charge in [0.15, 0.2) is 0 Å². The van der Waals surface area contributed by atoms with Crippen LogP contribution in [0, 0.1) is 0 Å². The second-order valence-electron chi connectivity index (χ2n) is 6.99. The fourth-order valence-corrected chi connectivity index (χ4v) is 4.26. The topological polar surface area (TPSA) is 78.4 Å². The third kappa shape index (κ3) is 4.71. The third-order valence-electron chi connectivity index (χ3n) is 5.02. The van der Waals surface area contributed by atoms with Crippen LogP contribution >= 0.6 is 11.5 Å². The molecule has 1 saturated heterocycles. The molecule has 0 spiro atoms. The van der Waals surface area contributed by atoms with Crippen molar-refractivity contribution in [3.8, 4) is 0 Å². The number of nitrogens with zero attached hydrogens (tertiary/aromatic N) is 4. The molecular formula is C21H23N5O2S. The van der Waals surface area contributed by atoms with Crippen molar-refractivity contribution in [1.82, 2.24) is 14.3 Å². The van der Waals surface area contributed by atoms with E-state index >= 15 is 0 Å². The molecular weight excluding hydrogens is 386 g/mol. The Morgan fingerprint density at radius 3 is 2.59 bits per heavy atom. The number of pyridine rings is 1. The highest BCUT2D eigenvalue weighted by Gasteiger charge is 2.23. The number of nitrogens with one attached hydrogen (secondary N) is 1. The van der Waals surface area contributed by atoms with Crippen LogP contribution in [0.25, 0.3) is 10.1 Å². The Morgan fingerprint density at radius 1 is 1.00 bits per heavy atom. The standard InChI is InChI=1S/C21H23N5O2S/c27-19(23-18-8-3-4-11-22-18)9-5-10-20(28)25-12-14-26(15-13-25)21-16-6-1-2-7-17(16)29-24-21/h1-4,6-8,11H,5,9-10,12-15H2,(H,22,23,27). The van der Waals surface area contributed by atoms with Gasteiger partial charge in [0.05, 0.1) is 4.70 Å². The fourth-order valence-electron chi connectivity index (χ4n) is 3.47. The van der Waals surface area contributed by atoms with Gasteiger partial charge >= 0.3 is 0 Å². The summed E-state index contributed by atoms with van der Waals surface area (Å²) < 4.78 is 5.79. The van der Waals surface area contributed by atoms with E-state index in [9.17, 15) is 9.59 Å². The molecule has 1 N–H and O–H groups in total. The average molecular weight is 410 g/mol. The van der Waals surface area contributed by atoms with Crippen molar-refractivity contribution < 1.29 is 9.59 Å². The van der Waals surface area contributed by atoms with E-state index in [1.54, 1.807) is 18.3 Å². The van der Waals surface area contributed by atoms with Crippen molar-refractivity contribution in [2.24, 2.45) is 0 Å². The molecule has 7 nitrogen and oxygen atoms in total. The zero-order valence-corrected chi connectivity index (χ0v) is 16.9. The molecule has 0 radical (unpaired) electrons. The molecule has 8 heteroatoms. The first-order valence-electron chi connectivity index (χ1n) is 9.79. The molecule has 0 unspecified atom stereocenters. The highest BCUT2D eigenvalue weighted by atomic mass is 32.1. The van der Waals surface area contributed by atoms with Gasteiger partial charge in [-0.15, -0.1) is 0 Å². The SMILES string of the molecule is O=C(CCCC(=O)N1CCN(c2nsc3ccccc23)CC1)Nc1ccccn1. The quantitative estimate of drug-likeness (QED) is 0.677. The molecule has 1 fully saturated rings. The van der Waals surface area contributed by atoms with E-state index in [1.807, 2.05) is 23.1 Å². The third-order valence-corrected chi connectivity index (χ3v) is 5.83. The first-order chi connectivity index (χ1) is 14.2. The molecule has 1 aromatic carbocycles. The van der Waals surface area contributed by atoms with E-state index in [1.165, 1.54) is 21.6 Å². The lowest BCUT2D eigenvalue weighted by Gasteiger charge is -2.35. The van der Waals surface area contributed by atoms with E-state index in [0.717, 1.165) is 18.9 Å². The molecule has 150 valence electrons. The number of anilines is 2. The van der Waals surface area contributed by atoms with E-state index in [2.05, 4.69) is 31.7 Å². The molecule has 0 atom stereocenters. The van der Waals surface area contributed by atoms with Gasteiger partial charge < -0.3 is 15.1 Å². The smallest absolute Gasteiger partial charge is 0.225 e. The summed E-state index contributed by atoms with van der Waals surface area (Å²) in [5.74, 6) is 1.55. The number of hydrogen-bond acceptors (Lipinski definition) is 6. The summed E-state index contributed by atoms with van der Waals surface area (Å²) in [6.45, 7) is 2.93. The van der Waals surface area contributed by atoms with Crippen molar-refractivity contribution in [3.63, 3.8) is 0 Å². The number of hydrogen-bond donors (Lipinski definition) is 1. The molecule has 2 amide bonds. The van der Waals surface area contributed by atoms with Crippen LogP contribution in [-0.2, 0) is 9.59 Å². The monoisotopic (exact) mass is 409 g/mol. The Hall–Kier alpha value is -3.00. The van der Waals surface area contributed by atoms with E-state index < -0.39 is 0 Å². The van der Waals surface area contributed by atoms with Crippen LogP contribution in [0.15, 0.2) is 48.7 Å². The van der Waals surface area contributed by atoms with Crippen molar-refractivity contribution in [2.75, 3.05) is 36.4 Å². The Kier molecular flexibility index (Phi) is 6.00. The zero-order chi connectivity index (χ0) is 20.1. The molecule has 3 aromatic rings. The minimum absolute atomic E-state index is 0.110. The number of aromatic nitrogens is 2. The molecule has 1 aliphatic heterocycles. The number of rotatable bonds is 6. The summed E-state index contributed by atoms with van der Waals surface area (Å²) in [6.07, 6.45) is 2.87. The largest absolute Gasteiger partial charge is 0.352 e. The summed E-state index contributed by atoms with van der Waals surface area (Å²) in [5, 5.41) is 3.92. The normalized spacial score (nSPS) is 14.2. The molecule has 4 rings (SSSR count). The van der Waals surface area contributed by atoms with Crippen LogP contribution in [0.1, 0.15) is 19.3 Å². The van der Waals surface area contributed by atoms with Crippen molar-refractivity contribution in [3.05, 3.63) is 48.7 Å². The number of carbonyl (C=O) groups excluding carboxylic acids is 2. The van der Waals surface area contributed by atoms with E-state index in [-0.39, 0.29) is 11.8 Å². The molecule has 3 heterocycles. The molecule has 1 aliphatic rings. The summed E-state index contributed by atoms with van der Waals surface area (Å²) in [5.41, 5.74) is 0. The lowest BCUT2D eigenvalue weighted by atomic mass is 10.2. The van der Waals surface area contributed by atoms with E-state index in [4.69, 9.17) is 0 Å². The maximum absolute atomic E-state index is 12.5. The van der Waals surface area contributed by atoms with Gasteiger partial charge in [-0.05, 0) is 42.2 Å². The number of benzene rings is 1. The summed E-state index contributed by atoms with van der Waals surface area (Å²) in [4.78, 5) is 32.7. The molecule has 0 aliphatic carbocycles. The Balaban J connectivity index is 1.21. The molecule has 2 aromatic heterocycles. The van der Waals surface area contributed by atoms with Gasteiger partial charge in [0.1, 0.15) is 11.6 Å². The highest BCUT2D eigenvalue weighted by Crippen LogP contribution is 2.29. The predicted molar refractivity (Wildman–Crippen MR) is 115 cm³/mol. The number of amides is 2. The molecule has 29 heavy (non-hydrogen) atoms. The van der Waals surface area contributed by atoms with Gasteiger partial charge in [-0.25, -0.2) is 4.98 Å².